The van der Waals surface area contributed by atoms with Crippen LogP contribution in [0.25, 0.3) is 0 Å². The number of aryl methyl sites for hydroxylation is 4. The average molecular weight is 377 g/mol. The highest BCUT2D eigenvalue weighted by Crippen LogP contribution is 2.23. The third-order valence-electron chi connectivity index (χ3n) is 3.86. The van der Waals surface area contributed by atoms with Crippen molar-refractivity contribution in [3.8, 4) is 0 Å². The van der Waals surface area contributed by atoms with E-state index in [2.05, 4.69) is 21.2 Å². The first-order valence-corrected chi connectivity index (χ1v) is 8.27. The van der Waals surface area contributed by atoms with Crippen LogP contribution >= 0.6 is 15.9 Å². The molecule has 0 saturated heterocycles. The molecule has 0 fully saturated rings. The number of carbonyl (C=O) groups excluding carboxylic acids is 1. The van der Waals surface area contributed by atoms with Gasteiger partial charge in [0.2, 0.25) is 5.91 Å². The van der Waals surface area contributed by atoms with Crippen LogP contribution in [0.2, 0.25) is 0 Å². The van der Waals surface area contributed by atoms with Gasteiger partial charge in [-0.25, -0.2) is 0 Å². The van der Waals surface area contributed by atoms with Crippen LogP contribution in [0, 0.1) is 27.7 Å². The number of rotatable bonds is 3. The first-order valence-electron chi connectivity index (χ1n) is 7.47. The Kier molecular flexibility index (Phi) is 5.09. The van der Waals surface area contributed by atoms with Gasteiger partial charge in [-0.1, -0.05) is 17.7 Å². The predicted octanol–water partition coefficient (Wildman–Crippen LogP) is 4.04. The average Bonchev–Trinajstić information content (AvgIpc) is 2.45. The predicted molar refractivity (Wildman–Crippen MR) is 97.1 cm³/mol. The summed E-state index contributed by atoms with van der Waals surface area (Å²) in [7, 11) is 0. The number of nitrogens with one attached hydrogen (secondary N) is 1. The van der Waals surface area contributed by atoms with E-state index in [4.69, 9.17) is 0 Å². The number of carbonyl (C=O) groups is 1. The van der Waals surface area contributed by atoms with Crippen LogP contribution in [-0.4, -0.2) is 10.5 Å². The molecule has 1 heterocycles. The fraction of sp³-hybridized carbons (Fsp3) is 0.333. The lowest BCUT2D eigenvalue weighted by molar-refractivity contribution is -0.118. The van der Waals surface area contributed by atoms with Gasteiger partial charge >= 0.3 is 0 Å². The molecule has 4 nitrogen and oxygen atoms in total. The SMILES string of the molecule is Cc1cc(C)c(NC(=O)C(C)n2cc(C)cc(Br)c2=O)c(C)c1. The molecule has 1 unspecified atom stereocenters. The number of hydrogen-bond acceptors (Lipinski definition) is 2. The third kappa shape index (κ3) is 3.72. The van der Waals surface area contributed by atoms with Crippen LogP contribution < -0.4 is 10.9 Å². The van der Waals surface area contributed by atoms with Crippen LogP contribution in [0.15, 0.2) is 33.7 Å². The lowest BCUT2D eigenvalue weighted by atomic mass is 10.0. The maximum Gasteiger partial charge on any atom is 0.265 e. The van der Waals surface area contributed by atoms with Crippen molar-refractivity contribution in [1.29, 1.82) is 0 Å². The molecule has 1 atom stereocenters. The minimum Gasteiger partial charge on any atom is -0.324 e. The van der Waals surface area contributed by atoms with Gasteiger partial charge in [0, 0.05) is 11.9 Å². The summed E-state index contributed by atoms with van der Waals surface area (Å²) < 4.78 is 1.91. The molecule has 23 heavy (non-hydrogen) atoms. The number of pyridine rings is 1. The fourth-order valence-electron chi connectivity index (χ4n) is 2.72. The van der Waals surface area contributed by atoms with Gasteiger partial charge in [-0.05, 0) is 73.3 Å². The molecule has 1 aromatic heterocycles. The van der Waals surface area contributed by atoms with E-state index in [1.165, 1.54) is 4.57 Å². The molecule has 0 aliphatic heterocycles. The standard InChI is InChI=1S/C18H21BrN2O2/c1-10-6-12(3)16(13(4)7-10)20-17(22)14(5)21-9-11(2)8-15(19)18(21)23/h6-9,14H,1-5H3,(H,20,22). The van der Waals surface area contributed by atoms with Crippen LogP contribution in [0.4, 0.5) is 5.69 Å². The van der Waals surface area contributed by atoms with Gasteiger partial charge in [0.25, 0.3) is 5.56 Å². The third-order valence-corrected chi connectivity index (χ3v) is 4.43. The summed E-state index contributed by atoms with van der Waals surface area (Å²) in [5.74, 6) is -0.209. The molecule has 0 aliphatic rings. The first-order chi connectivity index (χ1) is 10.7. The van der Waals surface area contributed by atoms with E-state index in [1.807, 2.05) is 39.8 Å². The van der Waals surface area contributed by atoms with Crippen molar-refractivity contribution in [2.75, 3.05) is 5.32 Å². The zero-order valence-electron chi connectivity index (χ0n) is 14.0. The molecular formula is C18H21BrN2O2. The summed E-state index contributed by atoms with van der Waals surface area (Å²) in [5, 5.41) is 2.96. The van der Waals surface area contributed by atoms with Crippen molar-refractivity contribution in [2.24, 2.45) is 0 Å². The van der Waals surface area contributed by atoms with E-state index in [9.17, 15) is 9.59 Å². The Labute approximate surface area is 144 Å². The second kappa shape index (κ2) is 6.71. The Balaban J connectivity index is 2.34. The Bertz CT molecular complexity index is 801. The van der Waals surface area contributed by atoms with E-state index in [0.717, 1.165) is 27.9 Å². The molecular weight excluding hydrogens is 356 g/mol. The summed E-state index contributed by atoms with van der Waals surface area (Å²) in [6.45, 7) is 9.57. The van der Waals surface area contributed by atoms with Crippen molar-refractivity contribution in [3.05, 3.63) is 61.5 Å². The van der Waals surface area contributed by atoms with Crippen LogP contribution in [0.1, 0.15) is 35.2 Å². The Morgan fingerprint density at radius 3 is 2.22 bits per heavy atom. The number of benzene rings is 1. The second-order valence-corrected chi connectivity index (χ2v) is 6.87. The zero-order chi connectivity index (χ0) is 17.3. The minimum absolute atomic E-state index is 0.209. The summed E-state index contributed by atoms with van der Waals surface area (Å²) in [4.78, 5) is 24.8. The van der Waals surface area contributed by atoms with Gasteiger partial charge in [-0.2, -0.15) is 0 Å². The van der Waals surface area contributed by atoms with E-state index < -0.39 is 6.04 Å². The molecule has 1 amide bonds. The molecule has 0 spiro atoms. The second-order valence-electron chi connectivity index (χ2n) is 6.02. The molecule has 0 aliphatic carbocycles. The number of nitrogens with zero attached hydrogens (tertiary/aromatic N) is 1. The molecule has 122 valence electrons. The van der Waals surface area contributed by atoms with Crippen LogP contribution in [0.5, 0.6) is 0 Å². The highest BCUT2D eigenvalue weighted by atomic mass is 79.9. The van der Waals surface area contributed by atoms with Crippen molar-refractivity contribution in [3.63, 3.8) is 0 Å². The molecule has 1 aromatic carbocycles. The van der Waals surface area contributed by atoms with Crippen molar-refractivity contribution in [2.45, 2.75) is 40.7 Å². The number of hydrogen-bond donors (Lipinski definition) is 1. The summed E-state index contributed by atoms with van der Waals surface area (Å²) in [5.41, 5.74) is 4.70. The molecule has 2 aromatic rings. The van der Waals surface area contributed by atoms with E-state index in [1.54, 1.807) is 19.2 Å². The summed E-state index contributed by atoms with van der Waals surface area (Å²) in [6, 6.07) is 5.21. The van der Waals surface area contributed by atoms with Crippen molar-refractivity contribution < 1.29 is 4.79 Å². The fourth-order valence-corrected chi connectivity index (χ4v) is 3.28. The topological polar surface area (TPSA) is 51.1 Å². The molecule has 2 rings (SSSR count). The van der Waals surface area contributed by atoms with Gasteiger partial charge in [0.05, 0.1) is 4.47 Å². The maximum atomic E-state index is 12.6. The lowest BCUT2D eigenvalue weighted by Crippen LogP contribution is -2.32. The highest BCUT2D eigenvalue weighted by molar-refractivity contribution is 9.10. The number of anilines is 1. The monoisotopic (exact) mass is 376 g/mol. The van der Waals surface area contributed by atoms with Gasteiger partial charge in [-0.3, -0.25) is 9.59 Å². The Morgan fingerprint density at radius 1 is 1.09 bits per heavy atom. The van der Waals surface area contributed by atoms with Gasteiger partial charge < -0.3 is 9.88 Å². The molecule has 0 bridgehead atoms. The quantitative estimate of drug-likeness (QED) is 0.878. The van der Waals surface area contributed by atoms with Gasteiger partial charge in [0.15, 0.2) is 0 Å². The maximum absolute atomic E-state index is 12.6. The molecule has 1 N–H and O–H groups in total. The smallest absolute Gasteiger partial charge is 0.265 e. The normalized spacial score (nSPS) is 12.1. The van der Waals surface area contributed by atoms with Crippen molar-refractivity contribution in [1.82, 2.24) is 4.57 Å². The largest absolute Gasteiger partial charge is 0.324 e. The molecule has 0 radical (unpaired) electrons. The number of amides is 1. The van der Waals surface area contributed by atoms with Gasteiger partial charge in [-0.15, -0.1) is 0 Å². The Morgan fingerprint density at radius 2 is 1.65 bits per heavy atom. The van der Waals surface area contributed by atoms with Crippen LogP contribution in [0.3, 0.4) is 0 Å². The number of aromatic nitrogens is 1. The lowest BCUT2D eigenvalue weighted by Gasteiger charge is -2.18. The minimum atomic E-state index is -0.598. The molecule has 0 saturated carbocycles. The zero-order valence-corrected chi connectivity index (χ0v) is 15.6. The summed E-state index contributed by atoms with van der Waals surface area (Å²) >= 11 is 3.25. The van der Waals surface area contributed by atoms with Crippen LogP contribution in [-0.2, 0) is 4.79 Å². The van der Waals surface area contributed by atoms with E-state index in [-0.39, 0.29) is 11.5 Å². The molecule has 5 heteroatoms. The van der Waals surface area contributed by atoms with Crippen molar-refractivity contribution >= 4 is 27.5 Å². The van der Waals surface area contributed by atoms with Gasteiger partial charge in [0.1, 0.15) is 6.04 Å². The van der Waals surface area contributed by atoms with E-state index >= 15 is 0 Å². The first kappa shape index (κ1) is 17.5. The Hall–Kier alpha value is -1.88. The van der Waals surface area contributed by atoms with E-state index in [0.29, 0.717) is 4.47 Å². The number of halogens is 1. The highest BCUT2D eigenvalue weighted by Gasteiger charge is 2.19. The summed E-state index contributed by atoms with van der Waals surface area (Å²) in [6.07, 6.45) is 1.70.